The SMILES string of the molecule is O=C(c1ccc(NC(=S)Nc2ccc(F)cc2)cc1)N1CCOCC1. The Morgan fingerprint density at radius 1 is 0.960 bits per heavy atom. The van der Waals surface area contributed by atoms with Crippen LogP contribution in [0.3, 0.4) is 0 Å². The summed E-state index contributed by atoms with van der Waals surface area (Å²) in [5, 5.41) is 6.39. The van der Waals surface area contributed by atoms with Crippen molar-refractivity contribution < 1.29 is 13.9 Å². The monoisotopic (exact) mass is 359 g/mol. The third kappa shape index (κ3) is 4.74. The molecule has 2 aromatic rings. The Balaban J connectivity index is 1.57. The van der Waals surface area contributed by atoms with Crippen molar-refractivity contribution in [1.29, 1.82) is 0 Å². The van der Waals surface area contributed by atoms with E-state index in [0.29, 0.717) is 42.7 Å². The first-order chi connectivity index (χ1) is 12.1. The summed E-state index contributed by atoms with van der Waals surface area (Å²) in [4.78, 5) is 14.2. The van der Waals surface area contributed by atoms with Crippen molar-refractivity contribution in [2.75, 3.05) is 36.9 Å². The lowest BCUT2D eigenvalue weighted by Crippen LogP contribution is -2.40. The Labute approximate surface area is 150 Å². The number of carbonyl (C=O) groups is 1. The van der Waals surface area contributed by atoms with Gasteiger partial charge >= 0.3 is 0 Å². The summed E-state index contributed by atoms with van der Waals surface area (Å²) < 4.78 is 18.2. The first-order valence-corrected chi connectivity index (χ1v) is 8.33. The molecule has 3 rings (SSSR count). The lowest BCUT2D eigenvalue weighted by molar-refractivity contribution is 0.0303. The Kier molecular flexibility index (Phi) is 5.57. The second-order valence-electron chi connectivity index (χ2n) is 5.57. The zero-order valence-electron chi connectivity index (χ0n) is 13.5. The number of rotatable bonds is 3. The van der Waals surface area contributed by atoms with Gasteiger partial charge in [-0.3, -0.25) is 4.79 Å². The third-order valence-electron chi connectivity index (χ3n) is 3.79. The third-order valence-corrected chi connectivity index (χ3v) is 3.99. The molecule has 130 valence electrons. The minimum absolute atomic E-state index is 0.00173. The number of morpholine rings is 1. The predicted molar refractivity (Wildman–Crippen MR) is 99.4 cm³/mol. The number of halogens is 1. The quantitative estimate of drug-likeness (QED) is 0.825. The van der Waals surface area contributed by atoms with Gasteiger partial charge in [-0.15, -0.1) is 0 Å². The molecule has 0 radical (unpaired) electrons. The molecule has 0 bridgehead atoms. The zero-order valence-corrected chi connectivity index (χ0v) is 14.3. The van der Waals surface area contributed by atoms with Gasteiger partial charge < -0.3 is 20.3 Å². The maximum absolute atomic E-state index is 12.9. The summed E-state index contributed by atoms with van der Waals surface area (Å²) in [5.74, 6) is -0.299. The highest BCUT2D eigenvalue weighted by atomic mass is 32.1. The largest absolute Gasteiger partial charge is 0.378 e. The lowest BCUT2D eigenvalue weighted by atomic mass is 10.1. The number of thiocarbonyl (C=S) groups is 1. The van der Waals surface area contributed by atoms with Gasteiger partial charge in [-0.25, -0.2) is 4.39 Å². The molecule has 25 heavy (non-hydrogen) atoms. The summed E-state index contributed by atoms with van der Waals surface area (Å²) in [6.07, 6.45) is 0. The van der Waals surface area contributed by atoms with Gasteiger partial charge in [0, 0.05) is 30.0 Å². The number of nitrogens with one attached hydrogen (secondary N) is 2. The second-order valence-corrected chi connectivity index (χ2v) is 5.98. The molecule has 2 N–H and O–H groups in total. The fraction of sp³-hybridized carbons (Fsp3) is 0.222. The number of hydrogen-bond acceptors (Lipinski definition) is 3. The number of hydrogen-bond donors (Lipinski definition) is 2. The Hall–Kier alpha value is -2.51. The van der Waals surface area contributed by atoms with E-state index in [0.717, 1.165) is 5.69 Å². The number of amides is 1. The summed E-state index contributed by atoms with van der Waals surface area (Å²) in [6.45, 7) is 2.39. The molecule has 2 aromatic carbocycles. The summed E-state index contributed by atoms with van der Waals surface area (Å²) in [5.41, 5.74) is 2.08. The highest BCUT2D eigenvalue weighted by Crippen LogP contribution is 2.14. The van der Waals surface area contributed by atoms with E-state index >= 15 is 0 Å². The van der Waals surface area contributed by atoms with Crippen LogP contribution in [0.15, 0.2) is 48.5 Å². The first-order valence-electron chi connectivity index (χ1n) is 7.92. The molecule has 1 fully saturated rings. The molecule has 0 spiro atoms. The minimum Gasteiger partial charge on any atom is -0.378 e. The molecule has 7 heteroatoms. The van der Waals surface area contributed by atoms with E-state index in [4.69, 9.17) is 17.0 Å². The van der Waals surface area contributed by atoms with E-state index in [1.165, 1.54) is 12.1 Å². The van der Waals surface area contributed by atoms with E-state index in [1.807, 2.05) is 0 Å². The Bertz CT molecular complexity index is 744. The van der Waals surface area contributed by atoms with Crippen molar-refractivity contribution in [3.63, 3.8) is 0 Å². The highest BCUT2D eigenvalue weighted by Gasteiger charge is 2.18. The average molecular weight is 359 g/mol. The fourth-order valence-corrected chi connectivity index (χ4v) is 2.71. The zero-order chi connectivity index (χ0) is 17.6. The number of benzene rings is 2. The second kappa shape index (κ2) is 8.04. The van der Waals surface area contributed by atoms with E-state index in [-0.39, 0.29) is 11.7 Å². The molecule has 0 unspecified atom stereocenters. The molecule has 1 heterocycles. The van der Waals surface area contributed by atoms with Crippen LogP contribution in [0.4, 0.5) is 15.8 Å². The molecule has 0 aromatic heterocycles. The Morgan fingerprint density at radius 3 is 2.04 bits per heavy atom. The van der Waals surface area contributed by atoms with Gasteiger partial charge in [0.2, 0.25) is 0 Å². The summed E-state index contributed by atoms with van der Waals surface area (Å²) in [6, 6.07) is 13.1. The van der Waals surface area contributed by atoms with Gasteiger partial charge in [0.15, 0.2) is 5.11 Å². The minimum atomic E-state index is -0.301. The van der Waals surface area contributed by atoms with Crippen molar-refractivity contribution in [1.82, 2.24) is 4.90 Å². The molecule has 0 aliphatic carbocycles. The molecule has 1 amide bonds. The van der Waals surface area contributed by atoms with Gasteiger partial charge in [-0.05, 0) is 60.7 Å². The van der Waals surface area contributed by atoms with Gasteiger partial charge in [0.05, 0.1) is 13.2 Å². The van der Waals surface area contributed by atoms with Crippen LogP contribution < -0.4 is 10.6 Å². The van der Waals surface area contributed by atoms with Crippen molar-refractivity contribution in [2.24, 2.45) is 0 Å². The standard InChI is InChI=1S/C18H18FN3O2S/c19-14-3-7-16(8-4-14)21-18(25)20-15-5-1-13(2-6-15)17(23)22-9-11-24-12-10-22/h1-8H,9-12H2,(H2,20,21,25). The maximum atomic E-state index is 12.9. The highest BCUT2D eigenvalue weighted by molar-refractivity contribution is 7.80. The lowest BCUT2D eigenvalue weighted by Gasteiger charge is -2.26. The average Bonchev–Trinajstić information content (AvgIpc) is 2.64. The molecule has 0 atom stereocenters. The molecular formula is C18H18FN3O2S. The molecule has 1 aliphatic rings. The van der Waals surface area contributed by atoms with Gasteiger partial charge in [0.1, 0.15) is 5.82 Å². The van der Waals surface area contributed by atoms with Crippen LogP contribution in [0.1, 0.15) is 10.4 Å². The molecular weight excluding hydrogens is 341 g/mol. The van der Waals surface area contributed by atoms with E-state index in [2.05, 4.69) is 10.6 Å². The van der Waals surface area contributed by atoms with Crippen LogP contribution in [0, 0.1) is 5.82 Å². The van der Waals surface area contributed by atoms with Crippen molar-refractivity contribution >= 4 is 34.6 Å². The van der Waals surface area contributed by atoms with Gasteiger partial charge in [-0.2, -0.15) is 0 Å². The van der Waals surface area contributed by atoms with Gasteiger partial charge in [-0.1, -0.05) is 0 Å². The molecule has 5 nitrogen and oxygen atoms in total. The molecule has 1 aliphatic heterocycles. The van der Waals surface area contributed by atoms with E-state index in [1.54, 1.807) is 41.3 Å². The first kappa shape index (κ1) is 17.3. The van der Waals surface area contributed by atoms with E-state index < -0.39 is 0 Å². The summed E-state index contributed by atoms with van der Waals surface area (Å²) in [7, 11) is 0. The normalized spacial score (nSPS) is 14.0. The fourth-order valence-electron chi connectivity index (χ4n) is 2.47. The van der Waals surface area contributed by atoms with Crippen LogP contribution in [0.25, 0.3) is 0 Å². The molecule has 1 saturated heterocycles. The van der Waals surface area contributed by atoms with Gasteiger partial charge in [0.25, 0.3) is 5.91 Å². The van der Waals surface area contributed by atoms with Crippen molar-refractivity contribution in [2.45, 2.75) is 0 Å². The number of nitrogens with zero attached hydrogens (tertiary/aromatic N) is 1. The van der Waals surface area contributed by atoms with Crippen LogP contribution in [-0.4, -0.2) is 42.2 Å². The Morgan fingerprint density at radius 2 is 1.48 bits per heavy atom. The van der Waals surface area contributed by atoms with Crippen LogP contribution >= 0.6 is 12.2 Å². The predicted octanol–water partition coefficient (Wildman–Crippen LogP) is 3.11. The van der Waals surface area contributed by atoms with E-state index in [9.17, 15) is 9.18 Å². The number of ether oxygens (including phenoxy) is 1. The van der Waals surface area contributed by atoms with Crippen molar-refractivity contribution in [3.05, 3.63) is 59.9 Å². The topological polar surface area (TPSA) is 53.6 Å². The summed E-state index contributed by atoms with van der Waals surface area (Å²) >= 11 is 5.23. The number of anilines is 2. The van der Waals surface area contributed by atoms with Crippen molar-refractivity contribution in [3.8, 4) is 0 Å². The van der Waals surface area contributed by atoms with Crippen LogP contribution in [0.5, 0.6) is 0 Å². The molecule has 0 saturated carbocycles. The number of carbonyl (C=O) groups excluding carboxylic acids is 1. The van der Waals surface area contributed by atoms with Crippen LogP contribution in [-0.2, 0) is 4.74 Å². The maximum Gasteiger partial charge on any atom is 0.254 e. The van der Waals surface area contributed by atoms with Crippen LogP contribution in [0.2, 0.25) is 0 Å². The smallest absolute Gasteiger partial charge is 0.254 e.